The van der Waals surface area contributed by atoms with E-state index in [9.17, 15) is 9.90 Å². The number of hydrogen-bond donors (Lipinski definition) is 2. The summed E-state index contributed by atoms with van der Waals surface area (Å²) in [6.07, 6.45) is 1.88. The fourth-order valence-corrected chi connectivity index (χ4v) is 4.23. The summed E-state index contributed by atoms with van der Waals surface area (Å²) in [5.41, 5.74) is 7.84. The number of carbonyl (C=O) groups is 1. The van der Waals surface area contributed by atoms with Crippen molar-refractivity contribution in [1.29, 1.82) is 0 Å². The molecule has 6 heteroatoms. The molecule has 1 aromatic carbocycles. The fourth-order valence-electron chi connectivity index (χ4n) is 4.23. The molecule has 1 aliphatic rings. The largest absolute Gasteiger partial charge is 0.396 e. The molecule has 0 bridgehead atoms. The highest BCUT2D eigenvalue weighted by Crippen LogP contribution is 2.31. The number of anilines is 1. The van der Waals surface area contributed by atoms with Gasteiger partial charge >= 0.3 is 0 Å². The molecule has 2 aromatic heterocycles. The van der Waals surface area contributed by atoms with Gasteiger partial charge in [-0.05, 0) is 50.5 Å². The van der Waals surface area contributed by atoms with E-state index in [0.29, 0.717) is 25.2 Å². The second-order valence-electron chi connectivity index (χ2n) is 8.97. The molecule has 6 nitrogen and oxygen atoms in total. The summed E-state index contributed by atoms with van der Waals surface area (Å²) in [7, 11) is 0. The molecule has 0 atom stereocenters. The minimum absolute atomic E-state index is 0.0105. The fraction of sp³-hybridized carbons (Fsp3) is 0.417. The topological polar surface area (TPSA) is 69.9 Å². The van der Waals surface area contributed by atoms with Gasteiger partial charge in [-0.25, -0.2) is 4.98 Å². The Bertz CT molecular complexity index is 1110. The molecule has 2 N–H and O–H groups in total. The molecular formula is C24H30N4O2. The van der Waals surface area contributed by atoms with Crippen molar-refractivity contribution < 1.29 is 9.90 Å². The zero-order valence-electron chi connectivity index (χ0n) is 18.4. The number of carbonyl (C=O) groups excluding carboxylic acids is 1. The number of nitrogens with one attached hydrogen (secondary N) is 1. The number of aliphatic hydroxyl groups excluding tert-OH is 1. The SMILES string of the molecule is Cc1cccc(C)c1CNc1cc(C(=O)N2CC(C)(CO)C2)cn2c(C)c(C)nc12. The van der Waals surface area contributed by atoms with Crippen molar-refractivity contribution in [3.8, 4) is 0 Å². The number of aromatic nitrogens is 2. The third-order valence-electron chi connectivity index (χ3n) is 6.36. The average molecular weight is 407 g/mol. The van der Waals surface area contributed by atoms with Crippen LogP contribution in [-0.2, 0) is 6.54 Å². The second-order valence-corrected chi connectivity index (χ2v) is 8.97. The van der Waals surface area contributed by atoms with E-state index >= 15 is 0 Å². The lowest BCUT2D eigenvalue weighted by Gasteiger charge is -2.47. The summed E-state index contributed by atoms with van der Waals surface area (Å²) >= 11 is 0. The summed E-state index contributed by atoms with van der Waals surface area (Å²) in [6, 6.07) is 8.21. The monoisotopic (exact) mass is 406 g/mol. The zero-order chi connectivity index (χ0) is 21.6. The molecule has 4 rings (SSSR count). The van der Waals surface area contributed by atoms with Gasteiger partial charge in [-0.1, -0.05) is 25.1 Å². The molecular weight excluding hydrogens is 376 g/mol. The van der Waals surface area contributed by atoms with Gasteiger partial charge in [-0.3, -0.25) is 4.79 Å². The van der Waals surface area contributed by atoms with Gasteiger partial charge in [0.25, 0.3) is 5.91 Å². The van der Waals surface area contributed by atoms with Crippen LogP contribution in [0.3, 0.4) is 0 Å². The van der Waals surface area contributed by atoms with Crippen LogP contribution in [0.2, 0.25) is 0 Å². The van der Waals surface area contributed by atoms with Crippen LogP contribution in [-0.4, -0.2) is 45.0 Å². The van der Waals surface area contributed by atoms with Crippen molar-refractivity contribution in [2.24, 2.45) is 5.41 Å². The molecule has 1 saturated heterocycles. The second kappa shape index (κ2) is 7.43. The normalized spacial score (nSPS) is 15.3. The number of benzene rings is 1. The van der Waals surface area contributed by atoms with Crippen LogP contribution in [0.25, 0.3) is 5.65 Å². The van der Waals surface area contributed by atoms with Crippen molar-refractivity contribution >= 4 is 17.2 Å². The molecule has 0 radical (unpaired) electrons. The van der Waals surface area contributed by atoms with E-state index in [2.05, 4.69) is 37.4 Å². The van der Waals surface area contributed by atoms with Crippen LogP contribution in [0.15, 0.2) is 30.5 Å². The number of hydrogen-bond acceptors (Lipinski definition) is 4. The number of aryl methyl sites for hydroxylation is 4. The van der Waals surface area contributed by atoms with Gasteiger partial charge < -0.3 is 19.7 Å². The quantitative estimate of drug-likeness (QED) is 0.679. The third-order valence-corrected chi connectivity index (χ3v) is 6.36. The Kier molecular flexibility index (Phi) is 5.06. The molecule has 0 aliphatic carbocycles. The van der Waals surface area contributed by atoms with Gasteiger partial charge in [0.1, 0.15) is 0 Å². The van der Waals surface area contributed by atoms with E-state index in [1.54, 1.807) is 4.90 Å². The van der Waals surface area contributed by atoms with Gasteiger partial charge in [-0.15, -0.1) is 0 Å². The third kappa shape index (κ3) is 3.45. The van der Waals surface area contributed by atoms with Gasteiger partial charge in [0.05, 0.1) is 23.6 Å². The van der Waals surface area contributed by atoms with Crippen LogP contribution < -0.4 is 5.32 Å². The Morgan fingerprint density at radius 3 is 2.50 bits per heavy atom. The van der Waals surface area contributed by atoms with Crippen LogP contribution in [0.4, 0.5) is 5.69 Å². The maximum Gasteiger partial charge on any atom is 0.255 e. The predicted molar refractivity (Wildman–Crippen MR) is 119 cm³/mol. The van der Waals surface area contributed by atoms with Gasteiger partial charge in [0, 0.05) is 36.9 Å². The summed E-state index contributed by atoms with van der Waals surface area (Å²) in [4.78, 5) is 19.6. The number of amides is 1. The smallest absolute Gasteiger partial charge is 0.255 e. The Morgan fingerprint density at radius 2 is 1.87 bits per heavy atom. The molecule has 3 aromatic rings. The Labute approximate surface area is 177 Å². The molecule has 0 saturated carbocycles. The van der Waals surface area contributed by atoms with Crippen LogP contribution in [0, 0.1) is 33.1 Å². The van der Waals surface area contributed by atoms with Gasteiger partial charge in [0.15, 0.2) is 5.65 Å². The zero-order valence-corrected chi connectivity index (χ0v) is 18.4. The molecule has 1 fully saturated rings. The van der Waals surface area contributed by atoms with Gasteiger partial charge in [0.2, 0.25) is 0 Å². The van der Waals surface area contributed by atoms with Crippen molar-refractivity contribution in [3.63, 3.8) is 0 Å². The van der Waals surface area contributed by atoms with E-state index in [0.717, 1.165) is 22.7 Å². The number of aliphatic hydroxyl groups is 1. The summed E-state index contributed by atoms with van der Waals surface area (Å²) < 4.78 is 2.00. The number of fused-ring (bicyclic) bond motifs is 1. The average Bonchev–Trinajstić information content (AvgIpc) is 2.98. The molecule has 158 valence electrons. The standard InChI is InChI=1S/C24H30N4O2/c1-15-7-6-8-16(2)20(15)10-25-21-9-19(11-28-18(4)17(3)26-22(21)28)23(30)27-12-24(5,13-27)14-29/h6-9,11,25,29H,10,12-14H2,1-5H3. The summed E-state index contributed by atoms with van der Waals surface area (Å²) in [6.45, 7) is 12.2. The number of imidazole rings is 1. The van der Waals surface area contributed by atoms with Crippen LogP contribution >= 0.6 is 0 Å². The van der Waals surface area contributed by atoms with Crippen molar-refractivity contribution in [2.45, 2.75) is 41.2 Å². The van der Waals surface area contributed by atoms with E-state index < -0.39 is 0 Å². The first-order valence-corrected chi connectivity index (χ1v) is 10.4. The lowest BCUT2D eigenvalue weighted by Crippen LogP contribution is -2.58. The van der Waals surface area contributed by atoms with Crippen molar-refractivity contribution in [1.82, 2.24) is 14.3 Å². The van der Waals surface area contributed by atoms with Gasteiger partial charge in [-0.2, -0.15) is 0 Å². The van der Waals surface area contributed by atoms with Crippen LogP contribution in [0.5, 0.6) is 0 Å². The van der Waals surface area contributed by atoms with Crippen molar-refractivity contribution in [2.75, 3.05) is 25.0 Å². The highest BCUT2D eigenvalue weighted by molar-refractivity contribution is 5.96. The summed E-state index contributed by atoms with van der Waals surface area (Å²) in [5.74, 6) is -0.0105. The lowest BCUT2D eigenvalue weighted by atomic mass is 9.82. The molecule has 3 heterocycles. The van der Waals surface area contributed by atoms with E-state index in [-0.39, 0.29) is 17.9 Å². The molecule has 0 unspecified atom stereocenters. The number of nitrogens with zero attached hydrogens (tertiary/aromatic N) is 3. The maximum atomic E-state index is 13.1. The molecule has 0 spiro atoms. The van der Waals surface area contributed by atoms with Crippen LogP contribution in [0.1, 0.15) is 45.4 Å². The highest BCUT2D eigenvalue weighted by atomic mass is 16.3. The highest BCUT2D eigenvalue weighted by Gasteiger charge is 2.41. The molecule has 30 heavy (non-hydrogen) atoms. The number of likely N-dealkylation sites (tertiary alicyclic amines) is 1. The minimum atomic E-state index is -0.190. The van der Waals surface area contributed by atoms with E-state index in [4.69, 9.17) is 4.98 Å². The lowest BCUT2D eigenvalue weighted by molar-refractivity contribution is -0.0153. The summed E-state index contributed by atoms with van der Waals surface area (Å²) in [5, 5.41) is 13.0. The minimum Gasteiger partial charge on any atom is -0.396 e. The Morgan fingerprint density at radius 1 is 1.20 bits per heavy atom. The number of rotatable bonds is 5. The maximum absolute atomic E-state index is 13.1. The first kappa shape index (κ1) is 20.4. The molecule has 1 aliphatic heterocycles. The van der Waals surface area contributed by atoms with E-state index in [1.165, 1.54) is 16.7 Å². The molecule has 1 amide bonds. The predicted octanol–water partition coefficient (Wildman–Crippen LogP) is 3.63. The Balaban J connectivity index is 1.68. The van der Waals surface area contributed by atoms with E-state index in [1.807, 2.05) is 37.4 Å². The Hall–Kier alpha value is -2.86. The number of pyridine rings is 1. The first-order chi connectivity index (χ1) is 14.2. The first-order valence-electron chi connectivity index (χ1n) is 10.4. The van der Waals surface area contributed by atoms with Crippen molar-refractivity contribution in [3.05, 3.63) is 64.1 Å².